The number of nitrogens with zero attached hydrogens (tertiary/aromatic N) is 6. The normalized spacial score (nSPS) is 15.8. The number of amides is 1. The molecule has 124 valence electrons. The van der Waals surface area contributed by atoms with Gasteiger partial charge in [0.15, 0.2) is 5.82 Å². The van der Waals surface area contributed by atoms with E-state index < -0.39 is 0 Å². The summed E-state index contributed by atoms with van der Waals surface area (Å²) in [7, 11) is 1.77. The van der Waals surface area contributed by atoms with Crippen LogP contribution in [0.1, 0.15) is 23.3 Å². The van der Waals surface area contributed by atoms with Crippen LogP contribution in [0.3, 0.4) is 0 Å². The third-order valence-electron chi connectivity index (χ3n) is 4.49. The first-order valence-corrected chi connectivity index (χ1v) is 8.04. The van der Waals surface area contributed by atoms with Crippen LogP contribution < -0.4 is 10.2 Å². The van der Waals surface area contributed by atoms with E-state index in [0.717, 1.165) is 37.3 Å². The van der Waals surface area contributed by atoms with Crippen LogP contribution in [-0.2, 0) is 7.05 Å². The summed E-state index contributed by atoms with van der Waals surface area (Å²) < 4.78 is 3.42. The van der Waals surface area contributed by atoms with E-state index in [2.05, 4.69) is 25.4 Å². The van der Waals surface area contributed by atoms with Crippen LogP contribution in [-0.4, -0.2) is 49.4 Å². The summed E-state index contributed by atoms with van der Waals surface area (Å²) in [5.41, 5.74) is 1.60. The number of nitrogens with one attached hydrogen (secondary N) is 1. The highest BCUT2D eigenvalue weighted by Gasteiger charge is 2.24. The number of rotatable bonds is 3. The molecule has 1 saturated heterocycles. The van der Waals surface area contributed by atoms with Crippen molar-refractivity contribution in [3.05, 3.63) is 42.6 Å². The molecule has 0 atom stereocenters. The van der Waals surface area contributed by atoms with Gasteiger partial charge in [-0.1, -0.05) is 0 Å². The number of carbonyl (C=O) groups excluding carboxylic acids is 1. The summed E-state index contributed by atoms with van der Waals surface area (Å²) in [5, 5.41) is 11.4. The van der Waals surface area contributed by atoms with Crippen molar-refractivity contribution in [2.24, 2.45) is 7.05 Å². The van der Waals surface area contributed by atoms with Gasteiger partial charge < -0.3 is 10.2 Å². The van der Waals surface area contributed by atoms with Crippen LogP contribution in [0.15, 0.2) is 36.9 Å². The number of piperidine rings is 1. The van der Waals surface area contributed by atoms with Crippen molar-refractivity contribution in [2.45, 2.75) is 18.9 Å². The molecular weight excluding hydrogens is 306 g/mol. The molecule has 0 bridgehead atoms. The van der Waals surface area contributed by atoms with Crippen molar-refractivity contribution >= 4 is 17.2 Å². The minimum absolute atomic E-state index is 0.0653. The molecule has 4 rings (SSSR count). The lowest BCUT2D eigenvalue weighted by atomic mass is 10.0. The van der Waals surface area contributed by atoms with E-state index in [1.165, 1.54) is 0 Å². The largest absolute Gasteiger partial charge is 0.355 e. The standard InChI is InChI=1S/C16H19N7O/c1-21-14(3-6-18-21)16(24)20-12-4-9-22(10-5-12)15-13-2-7-19-23(13)11-8-17-15/h2-3,6-8,11-12H,4-5,9-10H2,1H3,(H,20,24). The number of fused-ring (bicyclic) bond motifs is 1. The van der Waals surface area contributed by atoms with Crippen molar-refractivity contribution in [1.82, 2.24) is 29.7 Å². The van der Waals surface area contributed by atoms with Gasteiger partial charge in [-0.05, 0) is 25.0 Å². The molecule has 0 unspecified atom stereocenters. The lowest BCUT2D eigenvalue weighted by Gasteiger charge is -2.33. The summed E-state index contributed by atoms with van der Waals surface area (Å²) in [6, 6.07) is 3.88. The molecule has 4 heterocycles. The maximum atomic E-state index is 12.3. The van der Waals surface area contributed by atoms with Crippen LogP contribution in [0.2, 0.25) is 0 Å². The quantitative estimate of drug-likeness (QED) is 0.772. The van der Waals surface area contributed by atoms with E-state index in [9.17, 15) is 4.79 Å². The van der Waals surface area contributed by atoms with Crippen LogP contribution in [0.5, 0.6) is 0 Å². The predicted molar refractivity (Wildman–Crippen MR) is 88.9 cm³/mol. The molecule has 3 aromatic rings. The van der Waals surface area contributed by atoms with Crippen molar-refractivity contribution in [3.63, 3.8) is 0 Å². The lowest BCUT2D eigenvalue weighted by Crippen LogP contribution is -2.45. The lowest BCUT2D eigenvalue weighted by molar-refractivity contribution is 0.0921. The monoisotopic (exact) mass is 325 g/mol. The molecule has 0 spiro atoms. The Morgan fingerprint density at radius 1 is 1.17 bits per heavy atom. The average molecular weight is 325 g/mol. The Hall–Kier alpha value is -2.90. The molecule has 1 amide bonds. The van der Waals surface area contributed by atoms with Crippen molar-refractivity contribution in [1.29, 1.82) is 0 Å². The van der Waals surface area contributed by atoms with E-state index in [0.29, 0.717) is 5.69 Å². The third-order valence-corrected chi connectivity index (χ3v) is 4.49. The zero-order valence-corrected chi connectivity index (χ0v) is 13.5. The number of hydrogen-bond donors (Lipinski definition) is 1. The maximum absolute atomic E-state index is 12.3. The SMILES string of the molecule is Cn1nccc1C(=O)NC1CCN(c2nccn3nccc23)CC1. The smallest absolute Gasteiger partial charge is 0.269 e. The number of aromatic nitrogens is 5. The molecule has 0 radical (unpaired) electrons. The average Bonchev–Trinajstić information content (AvgIpc) is 3.23. The van der Waals surface area contributed by atoms with Crippen molar-refractivity contribution in [3.8, 4) is 0 Å². The Kier molecular flexibility index (Phi) is 3.64. The number of aryl methyl sites for hydroxylation is 1. The molecule has 0 aromatic carbocycles. The summed E-state index contributed by atoms with van der Waals surface area (Å²) in [6.07, 6.45) is 8.81. The summed E-state index contributed by atoms with van der Waals surface area (Å²) in [5.74, 6) is 0.885. The minimum Gasteiger partial charge on any atom is -0.355 e. The van der Waals surface area contributed by atoms with Gasteiger partial charge in [0.2, 0.25) is 0 Å². The molecule has 1 N–H and O–H groups in total. The van der Waals surface area contributed by atoms with Crippen LogP contribution in [0, 0.1) is 0 Å². The number of anilines is 1. The van der Waals surface area contributed by atoms with E-state index in [4.69, 9.17) is 0 Å². The molecule has 3 aromatic heterocycles. The fraction of sp³-hybridized carbons (Fsp3) is 0.375. The molecule has 1 aliphatic rings. The summed E-state index contributed by atoms with van der Waals surface area (Å²) in [6.45, 7) is 1.71. The summed E-state index contributed by atoms with van der Waals surface area (Å²) in [4.78, 5) is 19.0. The van der Waals surface area contributed by atoms with Gasteiger partial charge in [0.1, 0.15) is 11.2 Å². The van der Waals surface area contributed by atoms with Crippen LogP contribution in [0.25, 0.3) is 5.52 Å². The Morgan fingerprint density at radius 2 is 1.96 bits per heavy atom. The minimum atomic E-state index is -0.0653. The number of carbonyl (C=O) groups is 1. The van der Waals surface area contributed by atoms with Gasteiger partial charge in [0.05, 0.1) is 6.20 Å². The third kappa shape index (κ3) is 2.60. The Morgan fingerprint density at radius 3 is 2.71 bits per heavy atom. The Labute approximate surface area is 139 Å². The highest BCUT2D eigenvalue weighted by atomic mass is 16.2. The van der Waals surface area contributed by atoms with E-state index in [-0.39, 0.29) is 11.9 Å². The highest BCUT2D eigenvalue weighted by molar-refractivity contribution is 5.92. The second-order valence-corrected chi connectivity index (χ2v) is 5.99. The van der Waals surface area contributed by atoms with Crippen LogP contribution in [0.4, 0.5) is 5.82 Å². The van der Waals surface area contributed by atoms with Gasteiger partial charge >= 0.3 is 0 Å². The first-order valence-electron chi connectivity index (χ1n) is 8.04. The molecule has 24 heavy (non-hydrogen) atoms. The van der Waals surface area contributed by atoms with Gasteiger partial charge in [0.25, 0.3) is 5.91 Å². The zero-order chi connectivity index (χ0) is 16.5. The van der Waals surface area contributed by atoms with E-state index in [1.807, 2.05) is 16.8 Å². The van der Waals surface area contributed by atoms with Gasteiger partial charge in [-0.2, -0.15) is 10.2 Å². The number of hydrogen-bond acceptors (Lipinski definition) is 5. The fourth-order valence-electron chi connectivity index (χ4n) is 3.18. The van der Waals surface area contributed by atoms with Crippen molar-refractivity contribution in [2.75, 3.05) is 18.0 Å². The highest BCUT2D eigenvalue weighted by Crippen LogP contribution is 2.22. The molecule has 1 aliphatic heterocycles. The maximum Gasteiger partial charge on any atom is 0.269 e. The van der Waals surface area contributed by atoms with Gasteiger partial charge in [0, 0.05) is 44.8 Å². The molecule has 8 heteroatoms. The molecule has 1 fully saturated rings. The Balaban J connectivity index is 1.41. The van der Waals surface area contributed by atoms with Crippen molar-refractivity contribution < 1.29 is 4.79 Å². The van der Waals surface area contributed by atoms with Crippen LogP contribution >= 0.6 is 0 Å². The van der Waals surface area contributed by atoms with Gasteiger partial charge in [-0.3, -0.25) is 9.48 Å². The summed E-state index contributed by atoms with van der Waals surface area (Å²) >= 11 is 0. The molecule has 0 saturated carbocycles. The zero-order valence-electron chi connectivity index (χ0n) is 13.5. The van der Waals surface area contributed by atoms with E-state index >= 15 is 0 Å². The molecular formula is C16H19N7O. The van der Waals surface area contributed by atoms with Gasteiger partial charge in [-0.25, -0.2) is 9.50 Å². The van der Waals surface area contributed by atoms with E-state index in [1.54, 1.807) is 36.4 Å². The molecule has 8 nitrogen and oxygen atoms in total. The Bertz CT molecular complexity index is 860. The molecule has 0 aliphatic carbocycles. The van der Waals surface area contributed by atoms with Gasteiger partial charge in [-0.15, -0.1) is 0 Å². The second-order valence-electron chi connectivity index (χ2n) is 5.99. The second kappa shape index (κ2) is 5.95. The first kappa shape index (κ1) is 14.7. The topological polar surface area (TPSA) is 80.4 Å². The fourth-order valence-corrected chi connectivity index (χ4v) is 3.18. The predicted octanol–water partition coefficient (Wildman–Crippen LogP) is 0.862. The first-order chi connectivity index (χ1) is 11.7.